The third-order valence-electron chi connectivity index (χ3n) is 7.02. The number of hydrogen-bond acceptors (Lipinski definition) is 1. The second-order valence-electron chi connectivity index (χ2n) is 8.96. The molecule has 1 nitrogen and oxygen atoms in total. The lowest BCUT2D eigenvalue weighted by Gasteiger charge is -2.19. The van der Waals surface area contributed by atoms with E-state index in [-0.39, 0.29) is 62.9 Å². The molecule has 0 aliphatic rings. The summed E-state index contributed by atoms with van der Waals surface area (Å²) in [4.78, 5) is 0. The molecule has 7 aromatic carbocycles. The highest BCUT2D eigenvalue weighted by Crippen LogP contribution is 2.47. The minimum absolute atomic E-state index is 0.131. The van der Waals surface area contributed by atoms with Crippen molar-refractivity contribution in [3.63, 3.8) is 0 Å². The average molecular weight is 480 g/mol. The van der Waals surface area contributed by atoms with Crippen LogP contribution in [0.15, 0.2) is 138 Å². The summed E-state index contributed by atoms with van der Waals surface area (Å²) < 4.78 is 86.6. The molecule has 37 heavy (non-hydrogen) atoms. The lowest BCUT2D eigenvalue weighted by Crippen LogP contribution is -1.92. The smallest absolute Gasteiger partial charge is 0.136 e. The molecule has 0 saturated heterocycles. The van der Waals surface area contributed by atoms with E-state index in [1.54, 1.807) is 48.5 Å². The molecule has 0 aliphatic carbocycles. The molecule has 1 heterocycles. The first-order valence-electron chi connectivity index (χ1n) is 16.5. The maximum atomic E-state index is 9.27. The minimum Gasteiger partial charge on any atom is -0.456 e. The van der Waals surface area contributed by atoms with E-state index in [2.05, 4.69) is 0 Å². The molecule has 0 aliphatic heterocycles. The predicted octanol–water partition coefficient (Wildman–Crippen LogP) is 10.4. The minimum atomic E-state index is -0.460. The molecule has 8 rings (SSSR count). The first kappa shape index (κ1) is 13.4. The van der Waals surface area contributed by atoms with Gasteiger partial charge in [-0.05, 0) is 66.7 Å². The molecule has 0 unspecified atom stereocenters. The van der Waals surface area contributed by atoms with E-state index in [0.717, 1.165) is 5.39 Å². The monoisotopic (exact) mass is 479 g/mol. The van der Waals surface area contributed by atoms with E-state index >= 15 is 0 Å². The molecule has 1 aromatic heterocycles. The normalized spacial score (nSPS) is 15.2. The zero-order valence-corrected chi connectivity index (χ0v) is 19.4. The van der Waals surface area contributed by atoms with Gasteiger partial charge in [-0.1, -0.05) is 121 Å². The van der Waals surface area contributed by atoms with Gasteiger partial charge in [0.05, 0.1) is 12.3 Å². The van der Waals surface area contributed by atoms with Crippen LogP contribution in [-0.2, 0) is 0 Å². The summed E-state index contributed by atoms with van der Waals surface area (Å²) in [6.45, 7) is 0. The number of rotatable bonds is 2. The van der Waals surface area contributed by atoms with E-state index in [1.807, 2.05) is 30.3 Å². The first-order valence-corrected chi connectivity index (χ1v) is 12.0. The van der Waals surface area contributed by atoms with E-state index in [0.29, 0.717) is 38.5 Å². The Morgan fingerprint density at radius 2 is 1.00 bits per heavy atom. The van der Waals surface area contributed by atoms with Gasteiger partial charge in [0, 0.05) is 10.8 Å². The van der Waals surface area contributed by atoms with Gasteiger partial charge in [-0.3, -0.25) is 0 Å². The summed E-state index contributed by atoms with van der Waals surface area (Å²) in [5.74, 6) is 0. The number of fused-ring (bicyclic) bond motifs is 6. The van der Waals surface area contributed by atoms with Gasteiger partial charge < -0.3 is 4.42 Å². The van der Waals surface area contributed by atoms with Gasteiger partial charge in [0.2, 0.25) is 0 Å². The lowest BCUT2D eigenvalue weighted by molar-refractivity contribution is 0.669. The van der Waals surface area contributed by atoms with Crippen LogP contribution in [0.2, 0.25) is 0 Å². The van der Waals surface area contributed by atoms with Crippen LogP contribution < -0.4 is 0 Å². The third-order valence-corrected chi connectivity index (χ3v) is 7.02. The zero-order chi connectivity index (χ0) is 32.2. The fourth-order valence-electron chi connectivity index (χ4n) is 5.51. The summed E-state index contributed by atoms with van der Waals surface area (Å²) in [6, 6.07) is 20.4. The summed E-state index contributed by atoms with van der Waals surface area (Å²) >= 11 is 0. The van der Waals surface area contributed by atoms with Crippen molar-refractivity contribution in [3.05, 3.63) is 133 Å². The Morgan fingerprint density at radius 1 is 0.432 bits per heavy atom. The van der Waals surface area contributed by atoms with Crippen LogP contribution in [0.25, 0.3) is 76.5 Å². The molecule has 0 N–H and O–H groups in total. The SMILES string of the molecule is [2H]c1c([2H])c([2H])c2c(-c3cccc4oc5ccccc5c34)c3c([2H])c([2H])c([2H])c([2H])c3c(-c3ccc([2H])c4ccccc34)c2c1[2H]. The summed E-state index contributed by atoms with van der Waals surface area (Å²) in [7, 11) is 0. The molecular formula is C36H22O. The van der Waals surface area contributed by atoms with Gasteiger partial charge in [-0.15, -0.1) is 0 Å². The molecule has 8 aromatic rings. The van der Waals surface area contributed by atoms with Crippen molar-refractivity contribution < 1.29 is 16.8 Å². The average Bonchev–Trinajstić information content (AvgIpc) is 3.46. The molecule has 0 fully saturated rings. The van der Waals surface area contributed by atoms with Gasteiger partial charge in [-0.25, -0.2) is 0 Å². The summed E-state index contributed by atoms with van der Waals surface area (Å²) in [6.07, 6.45) is 0. The molecule has 0 atom stereocenters. The Labute approximate surface area is 226 Å². The maximum absolute atomic E-state index is 9.27. The number of benzene rings is 7. The standard InChI is InChI=1S/C36H22O/c1-2-13-24-23(11-1)12-9-19-25(24)34-26-14-3-5-16-28(26)35(29-17-6-4-15-27(29)34)31-20-10-22-33-36(31)30-18-7-8-21-32(30)37-33/h1-22H/i3D,4D,5D,6D,12D,14D,15D,16D,17D. The van der Waals surface area contributed by atoms with Gasteiger partial charge in [0.25, 0.3) is 0 Å². The van der Waals surface area contributed by atoms with Crippen molar-refractivity contribution in [2.45, 2.75) is 0 Å². The lowest BCUT2D eigenvalue weighted by atomic mass is 9.84. The highest BCUT2D eigenvalue weighted by Gasteiger charge is 2.20. The molecule has 0 spiro atoms. The van der Waals surface area contributed by atoms with Crippen molar-refractivity contribution in [1.29, 1.82) is 0 Å². The van der Waals surface area contributed by atoms with Crippen molar-refractivity contribution in [1.82, 2.24) is 0 Å². The number of hydrogen-bond donors (Lipinski definition) is 0. The van der Waals surface area contributed by atoms with Gasteiger partial charge >= 0.3 is 0 Å². The molecule has 0 saturated carbocycles. The number of furan rings is 1. The Bertz CT molecular complexity index is 2560. The highest BCUT2D eigenvalue weighted by molar-refractivity contribution is 6.26. The van der Waals surface area contributed by atoms with Crippen LogP contribution in [-0.4, -0.2) is 0 Å². The van der Waals surface area contributed by atoms with Crippen LogP contribution in [0.4, 0.5) is 0 Å². The third kappa shape index (κ3) is 2.92. The van der Waals surface area contributed by atoms with Crippen LogP contribution in [0, 0.1) is 0 Å². The van der Waals surface area contributed by atoms with Crippen molar-refractivity contribution in [2.75, 3.05) is 0 Å². The van der Waals surface area contributed by atoms with Gasteiger partial charge in [-0.2, -0.15) is 0 Å². The Kier molecular flexibility index (Phi) is 2.84. The Hall–Kier alpha value is -4.88. The fraction of sp³-hybridized carbons (Fsp3) is 0. The highest BCUT2D eigenvalue weighted by atomic mass is 16.3. The van der Waals surface area contributed by atoms with Crippen LogP contribution in [0.3, 0.4) is 0 Å². The molecular weight excluding hydrogens is 448 g/mol. The first-order chi connectivity index (χ1) is 22.1. The molecule has 1 heteroatoms. The van der Waals surface area contributed by atoms with Gasteiger partial charge in [0.15, 0.2) is 0 Å². The Balaban J connectivity index is 1.75. The number of para-hydroxylation sites is 1. The maximum Gasteiger partial charge on any atom is 0.136 e. The quantitative estimate of drug-likeness (QED) is 0.225. The van der Waals surface area contributed by atoms with Gasteiger partial charge in [0.1, 0.15) is 11.2 Å². The van der Waals surface area contributed by atoms with Crippen molar-refractivity contribution >= 4 is 54.3 Å². The molecule has 172 valence electrons. The predicted molar refractivity (Wildman–Crippen MR) is 157 cm³/mol. The van der Waals surface area contributed by atoms with Crippen molar-refractivity contribution in [2.24, 2.45) is 0 Å². The van der Waals surface area contributed by atoms with E-state index < -0.39 is 24.2 Å². The summed E-state index contributed by atoms with van der Waals surface area (Å²) in [5, 5.41) is 3.17. The zero-order valence-electron chi connectivity index (χ0n) is 28.4. The molecule has 0 radical (unpaired) electrons. The summed E-state index contributed by atoms with van der Waals surface area (Å²) in [5.41, 5.74) is 2.68. The second kappa shape index (κ2) is 7.81. The van der Waals surface area contributed by atoms with Crippen LogP contribution >= 0.6 is 0 Å². The molecule has 0 bridgehead atoms. The van der Waals surface area contributed by atoms with Crippen molar-refractivity contribution in [3.8, 4) is 22.3 Å². The van der Waals surface area contributed by atoms with Crippen LogP contribution in [0.1, 0.15) is 12.3 Å². The van der Waals surface area contributed by atoms with E-state index in [1.165, 1.54) is 0 Å². The second-order valence-corrected chi connectivity index (χ2v) is 8.96. The van der Waals surface area contributed by atoms with Crippen LogP contribution in [0.5, 0.6) is 0 Å². The topological polar surface area (TPSA) is 13.1 Å². The molecule has 0 amide bonds. The largest absolute Gasteiger partial charge is 0.456 e. The Morgan fingerprint density at radius 3 is 1.73 bits per heavy atom. The van der Waals surface area contributed by atoms with E-state index in [9.17, 15) is 5.48 Å². The fourth-order valence-corrected chi connectivity index (χ4v) is 5.51. The van der Waals surface area contributed by atoms with E-state index in [4.69, 9.17) is 11.3 Å².